The third-order valence-electron chi connectivity index (χ3n) is 2.37. The van der Waals surface area contributed by atoms with Crippen molar-refractivity contribution in [2.45, 2.75) is 0 Å². The summed E-state index contributed by atoms with van der Waals surface area (Å²) in [6.07, 6.45) is 2.11. The summed E-state index contributed by atoms with van der Waals surface area (Å²) in [5, 5.41) is 8.70. The Hall–Kier alpha value is -0.780. The number of rotatable bonds is 3. The van der Waals surface area contributed by atoms with Crippen molar-refractivity contribution >= 4 is 39.7 Å². The van der Waals surface area contributed by atoms with E-state index in [-0.39, 0.29) is 6.54 Å². The average molecular weight is 314 g/mol. The van der Waals surface area contributed by atoms with Gasteiger partial charge in [0.2, 0.25) is 0 Å². The lowest BCUT2D eigenvalue weighted by Gasteiger charge is -2.08. The summed E-state index contributed by atoms with van der Waals surface area (Å²) in [6, 6.07) is 8.08. The highest BCUT2D eigenvalue weighted by Gasteiger charge is 2.18. The van der Waals surface area contributed by atoms with E-state index in [9.17, 15) is 4.79 Å². The van der Waals surface area contributed by atoms with Crippen molar-refractivity contribution in [3.05, 3.63) is 39.2 Å². The van der Waals surface area contributed by atoms with E-state index in [2.05, 4.69) is 22.0 Å². The van der Waals surface area contributed by atoms with Gasteiger partial charge >= 0.3 is 5.97 Å². The second kappa shape index (κ2) is 5.71. The summed E-state index contributed by atoms with van der Waals surface area (Å²) >= 11 is 5.10. The van der Waals surface area contributed by atoms with Crippen LogP contribution in [0, 0.1) is 0 Å². The summed E-state index contributed by atoms with van der Waals surface area (Å²) in [6.45, 7) is 0.845. The number of hydrogen-bond acceptors (Lipinski definition) is 3. The summed E-state index contributed by atoms with van der Waals surface area (Å²) in [4.78, 5) is 13.7. The molecule has 1 saturated heterocycles. The Balaban J connectivity index is 2.00. The first-order valence-electron chi connectivity index (χ1n) is 5.16. The molecule has 0 bridgehead atoms. The van der Waals surface area contributed by atoms with Gasteiger partial charge in [-0.15, -0.1) is 11.8 Å². The molecular weight excluding hydrogens is 302 g/mol. The maximum atomic E-state index is 10.6. The van der Waals surface area contributed by atoms with E-state index < -0.39 is 5.97 Å². The van der Waals surface area contributed by atoms with Crippen LogP contribution < -0.4 is 0 Å². The largest absolute Gasteiger partial charge is 0.480 e. The van der Waals surface area contributed by atoms with Gasteiger partial charge in [0.05, 0.1) is 6.54 Å². The van der Waals surface area contributed by atoms with Gasteiger partial charge in [0.15, 0.2) is 0 Å². The monoisotopic (exact) mass is 313 g/mol. The first-order chi connectivity index (χ1) is 8.13. The maximum Gasteiger partial charge on any atom is 0.317 e. The number of nitrogens with zero attached hydrogens (tertiary/aromatic N) is 1. The predicted molar refractivity (Wildman–Crippen MR) is 73.8 cm³/mol. The molecule has 0 saturated carbocycles. The molecule has 1 aliphatic heterocycles. The van der Waals surface area contributed by atoms with Crippen molar-refractivity contribution in [2.75, 3.05) is 19.0 Å². The van der Waals surface area contributed by atoms with Gasteiger partial charge in [0.1, 0.15) is 0 Å². The molecule has 2 rings (SSSR count). The van der Waals surface area contributed by atoms with Gasteiger partial charge in [-0.1, -0.05) is 28.1 Å². The Morgan fingerprint density at radius 1 is 1.47 bits per heavy atom. The lowest BCUT2D eigenvalue weighted by Crippen LogP contribution is -2.26. The minimum absolute atomic E-state index is 0.116. The molecule has 1 aliphatic rings. The number of thioether (sulfide) groups is 1. The minimum Gasteiger partial charge on any atom is -0.480 e. The molecule has 0 aliphatic carbocycles. The number of halogens is 1. The van der Waals surface area contributed by atoms with Gasteiger partial charge < -0.3 is 5.11 Å². The third-order valence-corrected chi connectivity index (χ3v) is 4.01. The van der Waals surface area contributed by atoms with E-state index in [1.807, 2.05) is 29.2 Å². The fourth-order valence-electron chi connectivity index (χ4n) is 1.61. The van der Waals surface area contributed by atoms with E-state index in [0.29, 0.717) is 0 Å². The van der Waals surface area contributed by atoms with E-state index in [1.165, 1.54) is 4.91 Å². The first-order valence-corrected chi connectivity index (χ1v) is 6.94. The van der Waals surface area contributed by atoms with Gasteiger partial charge in [-0.2, -0.15) is 0 Å². The number of aliphatic carboxylic acids is 1. The van der Waals surface area contributed by atoms with Crippen LogP contribution in [0.1, 0.15) is 5.56 Å². The molecule has 0 unspecified atom stereocenters. The molecule has 1 aromatic carbocycles. The zero-order valence-corrected chi connectivity index (χ0v) is 11.5. The van der Waals surface area contributed by atoms with Crippen LogP contribution in [0.5, 0.6) is 0 Å². The van der Waals surface area contributed by atoms with Gasteiger partial charge in [0, 0.05) is 21.8 Å². The first kappa shape index (κ1) is 12.7. The number of carboxylic acids is 1. The van der Waals surface area contributed by atoms with Crippen molar-refractivity contribution in [3.8, 4) is 0 Å². The Morgan fingerprint density at radius 2 is 2.18 bits per heavy atom. The lowest BCUT2D eigenvalue weighted by atomic mass is 10.2. The predicted octanol–water partition coefficient (Wildman–Crippen LogP) is 2.88. The SMILES string of the molecule is O=C(O)CN1CSC(=Cc2ccc(Br)cc2)C1. The van der Waals surface area contributed by atoms with Crippen LogP contribution in [0.3, 0.4) is 0 Å². The van der Waals surface area contributed by atoms with E-state index >= 15 is 0 Å². The van der Waals surface area contributed by atoms with Crippen molar-refractivity contribution in [1.29, 1.82) is 0 Å². The van der Waals surface area contributed by atoms with Crippen LogP contribution in [0.15, 0.2) is 33.6 Å². The van der Waals surface area contributed by atoms with Crippen LogP contribution in [-0.2, 0) is 4.79 Å². The van der Waals surface area contributed by atoms with Gasteiger partial charge in [0.25, 0.3) is 0 Å². The highest BCUT2D eigenvalue weighted by atomic mass is 79.9. The molecule has 5 heteroatoms. The molecule has 0 atom stereocenters. The molecule has 1 heterocycles. The normalized spacial score (nSPS) is 18.8. The fraction of sp³-hybridized carbons (Fsp3) is 0.250. The van der Waals surface area contributed by atoms with Crippen LogP contribution >= 0.6 is 27.7 Å². The smallest absolute Gasteiger partial charge is 0.317 e. The molecule has 0 aromatic heterocycles. The Morgan fingerprint density at radius 3 is 2.82 bits per heavy atom. The molecule has 3 nitrogen and oxygen atoms in total. The maximum absolute atomic E-state index is 10.6. The molecule has 17 heavy (non-hydrogen) atoms. The second-order valence-electron chi connectivity index (χ2n) is 3.82. The minimum atomic E-state index is -0.768. The van der Waals surface area contributed by atoms with Crippen molar-refractivity contribution in [3.63, 3.8) is 0 Å². The number of carboxylic acid groups (broad SMARTS) is 1. The Bertz CT molecular complexity index is 444. The van der Waals surface area contributed by atoms with Crippen LogP contribution in [0.2, 0.25) is 0 Å². The number of carbonyl (C=O) groups is 1. The zero-order valence-electron chi connectivity index (χ0n) is 9.10. The van der Waals surface area contributed by atoms with E-state index in [4.69, 9.17) is 5.11 Å². The highest BCUT2D eigenvalue weighted by molar-refractivity contribution is 9.10. The van der Waals surface area contributed by atoms with Gasteiger partial charge in [-0.3, -0.25) is 9.69 Å². The van der Waals surface area contributed by atoms with E-state index in [1.54, 1.807) is 11.8 Å². The standard InChI is InChI=1S/C12H12BrNO2S/c13-10-3-1-9(2-4-10)5-11-6-14(8-17-11)7-12(15)16/h1-5H,6-8H2,(H,15,16). The summed E-state index contributed by atoms with van der Waals surface area (Å²) in [7, 11) is 0. The fourth-order valence-corrected chi connectivity index (χ4v) is 2.90. The molecule has 1 aromatic rings. The van der Waals surface area contributed by atoms with Crippen molar-refractivity contribution in [2.24, 2.45) is 0 Å². The third kappa shape index (κ3) is 3.87. The lowest BCUT2D eigenvalue weighted by molar-refractivity contribution is -0.137. The topological polar surface area (TPSA) is 40.5 Å². The molecule has 90 valence electrons. The van der Waals surface area contributed by atoms with E-state index in [0.717, 1.165) is 22.5 Å². The number of benzene rings is 1. The number of hydrogen-bond donors (Lipinski definition) is 1. The molecular formula is C12H12BrNO2S. The molecule has 0 spiro atoms. The van der Waals surface area contributed by atoms with Gasteiger partial charge in [-0.05, 0) is 23.8 Å². The summed E-state index contributed by atoms with van der Waals surface area (Å²) in [5.41, 5.74) is 1.15. The molecule has 0 radical (unpaired) electrons. The van der Waals surface area contributed by atoms with Crippen LogP contribution in [-0.4, -0.2) is 34.9 Å². The van der Waals surface area contributed by atoms with Crippen molar-refractivity contribution < 1.29 is 9.90 Å². The Labute approximate surface area is 113 Å². The van der Waals surface area contributed by atoms with Crippen LogP contribution in [0.25, 0.3) is 6.08 Å². The molecule has 1 N–H and O–H groups in total. The average Bonchev–Trinajstić information content (AvgIpc) is 2.68. The summed E-state index contributed by atoms with van der Waals surface area (Å²) in [5.74, 6) is -0.00947. The Kier molecular flexibility index (Phi) is 4.25. The van der Waals surface area contributed by atoms with Crippen molar-refractivity contribution in [1.82, 2.24) is 4.90 Å². The second-order valence-corrected chi connectivity index (χ2v) is 5.80. The molecule has 0 amide bonds. The molecule has 1 fully saturated rings. The summed E-state index contributed by atoms with van der Waals surface area (Å²) < 4.78 is 1.06. The van der Waals surface area contributed by atoms with Crippen LogP contribution in [0.4, 0.5) is 0 Å². The quantitative estimate of drug-likeness (QED) is 0.931. The highest BCUT2D eigenvalue weighted by Crippen LogP contribution is 2.28. The zero-order chi connectivity index (χ0) is 12.3. The van der Waals surface area contributed by atoms with Gasteiger partial charge in [-0.25, -0.2) is 0 Å².